The van der Waals surface area contributed by atoms with E-state index in [1.54, 1.807) is 12.1 Å². The molecule has 0 amide bonds. The summed E-state index contributed by atoms with van der Waals surface area (Å²) in [6, 6.07) is 7.07. The molecule has 0 fully saturated rings. The summed E-state index contributed by atoms with van der Waals surface area (Å²) < 4.78 is 46.9. The van der Waals surface area contributed by atoms with Gasteiger partial charge in [0.05, 0.1) is 5.69 Å². The van der Waals surface area contributed by atoms with Gasteiger partial charge in [0.2, 0.25) is 0 Å². The van der Waals surface area contributed by atoms with Crippen LogP contribution in [0.5, 0.6) is 0 Å². The average Bonchev–Trinajstić information content (AvgIpc) is 2.50. The minimum Gasteiger partial charge on any atom is -0.256 e. The zero-order valence-corrected chi connectivity index (χ0v) is 14.3. The van der Waals surface area contributed by atoms with Gasteiger partial charge in [-0.05, 0) is 58.9 Å². The minimum absolute atomic E-state index is 0.249. The van der Waals surface area contributed by atoms with Crippen molar-refractivity contribution in [2.75, 3.05) is 0 Å². The SMILES string of the molecule is [2H]C([2H])([2H])c1ccc(-c2cc(C(C)(C)C)c(C([2H])([2H])[2H])cn2)cc1C(C)(C)C. The van der Waals surface area contributed by atoms with Crippen molar-refractivity contribution in [1.82, 2.24) is 4.98 Å². The molecular formula is C21H29N. The number of rotatable bonds is 1. The molecule has 0 saturated carbocycles. The van der Waals surface area contributed by atoms with E-state index in [-0.39, 0.29) is 16.4 Å². The maximum absolute atomic E-state index is 7.84. The summed E-state index contributed by atoms with van der Waals surface area (Å²) in [7, 11) is 0. The minimum atomic E-state index is -2.24. The van der Waals surface area contributed by atoms with Gasteiger partial charge >= 0.3 is 0 Å². The average molecular weight is 302 g/mol. The molecule has 0 bridgehead atoms. The van der Waals surface area contributed by atoms with E-state index < -0.39 is 13.7 Å². The second-order valence-electron chi connectivity index (χ2n) is 7.88. The highest BCUT2D eigenvalue weighted by molar-refractivity contribution is 5.63. The lowest BCUT2D eigenvalue weighted by Gasteiger charge is -2.24. The van der Waals surface area contributed by atoms with Crippen LogP contribution in [0.4, 0.5) is 0 Å². The van der Waals surface area contributed by atoms with Crippen molar-refractivity contribution in [3.63, 3.8) is 0 Å². The highest BCUT2D eigenvalue weighted by Crippen LogP contribution is 2.32. The van der Waals surface area contributed by atoms with Gasteiger partial charge in [-0.3, -0.25) is 4.98 Å². The summed E-state index contributed by atoms with van der Waals surface area (Å²) in [5, 5.41) is 0. The predicted molar refractivity (Wildman–Crippen MR) is 96.5 cm³/mol. The predicted octanol–water partition coefficient (Wildman–Crippen LogP) is 5.96. The molecule has 0 radical (unpaired) electrons. The number of hydrogen-bond donors (Lipinski definition) is 0. The summed E-state index contributed by atoms with van der Waals surface area (Å²) in [5.41, 5.74) is 2.73. The fourth-order valence-electron chi connectivity index (χ4n) is 2.56. The lowest BCUT2D eigenvalue weighted by molar-refractivity contribution is 0.584. The van der Waals surface area contributed by atoms with E-state index in [1.807, 2.05) is 53.7 Å². The Morgan fingerprint density at radius 2 is 1.41 bits per heavy atom. The standard InChI is InChI=1S/C21H29N/c1-14-9-10-16(11-17(14)20(3,4)5)19-12-18(21(6,7)8)15(2)13-22-19/h9-13H,1-8H3/i1D3,2D3. The van der Waals surface area contributed by atoms with Crippen LogP contribution in [-0.4, -0.2) is 4.98 Å². The van der Waals surface area contributed by atoms with Gasteiger partial charge in [-0.25, -0.2) is 0 Å². The molecule has 0 N–H and O–H groups in total. The molecule has 1 aromatic heterocycles. The van der Waals surface area contributed by atoms with Crippen molar-refractivity contribution < 1.29 is 8.22 Å². The Balaban J connectivity index is 2.72. The molecule has 0 unspecified atom stereocenters. The Kier molecular flexibility index (Phi) is 2.57. The van der Waals surface area contributed by atoms with E-state index in [1.165, 1.54) is 6.20 Å². The number of hydrogen-bond acceptors (Lipinski definition) is 1. The van der Waals surface area contributed by atoms with Gasteiger partial charge in [-0.2, -0.15) is 0 Å². The number of pyridine rings is 1. The Bertz CT molecular complexity index is 791. The Hall–Kier alpha value is -1.63. The lowest BCUT2D eigenvalue weighted by Crippen LogP contribution is -2.14. The molecule has 118 valence electrons. The first-order valence-corrected chi connectivity index (χ1v) is 7.59. The summed E-state index contributed by atoms with van der Waals surface area (Å²) in [6.45, 7) is 7.42. The zero-order chi connectivity index (χ0) is 21.7. The molecule has 1 heteroatoms. The van der Waals surface area contributed by atoms with Crippen molar-refractivity contribution in [2.45, 2.75) is 66.1 Å². The largest absolute Gasteiger partial charge is 0.256 e. The van der Waals surface area contributed by atoms with Crippen molar-refractivity contribution in [1.29, 1.82) is 0 Å². The Morgan fingerprint density at radius 3 is 1.95 bits per heavy atom. The van der Waals surface area contributed by atoms with Gasteiger partial charge < -0.3 is 0 Å². The van der Waals surface area contributed by atoms with Gasteiger partial charge in [0.15, 0.2) is 0 Å². The second-order valence-corrected chi connectivity index (χ2v) is 7.88. The molecule has 2 rings (SSSR count). The summed E-state index contributed by atoms with van der Waals surface area (Å²) >= 11 is 0. The van der Waals surface area contributed by atoms with Crippen LogP contribution in [0.3, 0.4) is 0 Å². The molecule has 0 spiro atoms. The maximum atomic E-state index is 7.84. The van der Waals surface area contributed by atoms with Crippen LogP contribution >= 0.6 is 0 Å². The third kappa shape index (κ3) is 3.40. The molecule has 22 heavy (non-hydrogen) atoms. The van der Waals surface area contributed by atoms with Crippen molar-refractivity contribution in [3.05, 3.63) is 52.7 Å². The Morgan fingerprint density at radius 1 is 0.818 bits per heavy atom. The molecule has 0 aliphatic heterocycles. The fraction of sp³-hybridized carbons (Fsp3) is 0.476. The van der Waals surface area contributed by atoms with Crippen LogP contribution in [0.2, 0.25) is 0 Å². The molecular weight excluding hydrogens is 266 g/mol. The Labute approximate surface area is 144 Å². The van der Waals surface area contributed by atoms with Crippen molar-refractivity contribution in [3.8, 4) is 11.3 Å². The summed E-state index contributed by atoms with van der Waals surface area (Å²) in [4.78, 5) is 4.40. The van der Waals surface area contributed by atoms with Gasteiger partial charge in [0, 0.05) is 20.0 Å². The first-order valence-electron chi connectivity index (χ1n) is 10.6. The van der Waals surface area contributed by atoms with Crippen LogP contribution in [0.15, 0.2) is 30.5 Å². The molecule has 0 aliphatic carbocycles. The van der Waals surface area contributed by atoms with Gasteiger partial charge in [-0.15, -0.1) is 0 Å². The topological polar surface area (TPSA) is 12.9 Å². The van der Waals surface area contributed by atoms with Crippen LogP contribution in [-0.2, 0) is 10.8 Å². The van der Waals surface area contributed by atoms with Crippen LogP contribution in [0.25, 0.3) is 11.3 Å². The van der Waals surface area contributed by atoms with Crippen LogP contribution in [0, 0.1) is 13.7 Å². The van der Waals surface area contributed by atoms with E-state index in [9.17, 15) is 0 Å². The van der Waals surface area contributed by atoms with Gasteiger partial charge in [-0.1, -0.05) is 53.7 Å². The van der Waals surface area contributed by atoms with Crippen LogP contribution in [0.1, 0.15) is 72.0 Å². The first-order chi connectivity index (χ1) is 12.4. The first kappa shape index (κ1) is 10.2. The molecule has 1 heterocycles. The number of nitrogens with zero attached hydrogens (tertiary/aromatic N) is 1. The number of aryl methyl sites for hydroxylation is 2. The van der Waals surface area contributed by atoms with E-state index in [0.29, 0.717) is 11.3 Å². The number of benzene rings is 1. The van der Waals surface area contributed by atoms with Gasteiger partial charge in [0.1, 0.15) is 0 Å². The summed E-state index contributed by atoms with van der Waals surface area (Å²) in [6.07, 6.45) is 1.43. The molecule has 2 aromatic rings. The zero-order valence-electron chi connectivity index (χ0n) is 20.3. The summed E-state index contributed by atoms with van der Waals surface area (Å²) in [5.74, 6) is 0. The molecule has 0 atom stereocenters. The van der Waals surface area contributed by atoms with E-state index in [2.05, 4.69) is 4.98 Å². The van der Waals surface area contributed by atoms with Crippen molar-refractivity contribution in [2.24, 2.45) is 0 Å². The fourth-order valence-corrected chi connectivity index (χ4v) is 2.56. The number of aromatic nitrogens is 1. The van der Waals surface area contributed by atoms with E-state index in [4.69, 9.17) is 8.22 Å². The molecule has 0 aliphatic rings. The normalized spacial score (nSPS) is 17.7. The highest BCUT2D eigenvalue weighted by atomic mass is 14.7. The lowest BCUT2D eigenvalue weighted by atomic mass is 9.82. The van der Waals surface area contributed by atoms with Gasteiger partial charge in [0.25, 0.3) is 0 Å². The molecule has 0 saturated heterocycles. The smallest absolute Gasteiger partial charge is 0.0705 e. The monoisotopic (exact) mass is 301 g/mol. The third-order valence-corrected chi connectivity index (χ3v) is 3.84. The van der Waals surface area contributed by atoms with Crippen LogP contribution < -0.4 is 0 Å². The molecule has 1 aromatic carbocycles. The maximum Gasteiger partial charge on any atom is 0.0705 e. The third-order valence-electron chi connectivity index (χ3n) is 3.84. The quantitative estimate of drug-likeness (QED) is 0.633. The molecule has 1 nitrogen and oxygen atoms in total. The highest BCUT2D eigenvalue weighted by Gasteiger charge is 2.20. The van der Waals surface area contributed by atoms with Crippen molar-refractivity contribution >= 4 is 0 Å². The van der Waals surface area contributed by atoms with E-state index in [0.717, 1.165) is 16.7 Å². The van der Waals surface area contributed by atoms with E-state index >= 15 is 0 Å². The second kappa shape index (κ2) is 5.53.